The van der Waals surface area contributed by atoms with Crippen molar-refractivity contribution in [3.05, 3.63) is 33.3 Å². The third-order valence-electron chi connectivity index (χ3n) is 3.55. The minimum Gasteiger partial charge on any atom is -0.444 e. The normalized spacial score (nSPS) is 19.4. The summed E-state index contributed by atoms with van der Waals surface area (Å²) >= 11 is 9.58. The quantitative estimate of drug-likeness (QED) is 0.802. The molecular formula is C17H24BrClN2O2. The molecule has 1 heterocycles. The Labute approximate surface area is 151 Å². The van der Waals surface area contributed by atoms with Crippen molar-refractivity contribution in [2.45, 2.75) is 51.8 Å². The van der Waals surface area contributed by atoms with E-state index in [1.165, 1.54) is 5.56 Å². The van der Waals surface area contributed by atoms with Gasteiger partial charge in [-0.3, -0.25) is 4.90 Å². The third-order valence-corrected chi connectivity index (χ3v) is 4.23. The highest BCUT2D eigenvalue weighted by atomic mass is 79.9. The van der Waals surface area contributed by atoms with Crippen LogP contribution in [0.3, 0.4) is 0 Å². The van der Waals surface area contributed by atoms with Gasteiger partial charge >= 0.3 is 6.09 Å². The number of carbonyl (C=O) groups is 1. The average molecular weight is 404 g/mol. The maximum Gasteiger partial charge on any atom is 0.407 e. The fourth-order valence-corrected chi connectivity index (χ4v) is 3.68. The van der Waals surface area contributed by atoms with Crippen LogP contribution in [-0.4, -0.2) is 35.7 Å². The number of ether oxygens (including phenoxy) is 1. The number of alkyl carbamates (subject to hydrolysis) is 1. The molecule has 1 N–H and O–H groups in total. The average Bonchev–Trinajstić information content (AvgIpc) is 2.35. The van der Waals surface area contributed by atoms with E-state index in [9.17, 15) is 4.79 Å². The van der Waals surface area contributed by atoms with E-state index in [1.807, 2.05) is 32.9 Å². The smallest absolute Gasteiger partial charge is 0.407 e. The van der Waals surface area contributed by atoms with Crippen LogP contribution in [0.25, 0.3) is 0 Å². The standard InChI is InChI=1S/C17H24BrClN2O2/c1-17(2,3)23-16(22)20-15-5-4-6-21(11-15)10-12-7-13(18)9-14(19)8-12/h7-9,15H,4-6,10-11H2,1-3H3,(H,20,22). The second-order valence-corrected chi connectivity index (χ2v) is 8.35. The largest absolute Gasteiger partial charge is 0.444 e. The summed E-state index contributed by atoms with van der Waals surface area (Å²) in [5.74, 6) is 0. The Morgan fingerprint density at radius 3 is 2.83 bits per heavy atom. The van der Waals surface area contributed by atoms with E-state index in [4.69, 9.17) is 16.3 Å². The number of hydrogen-bond acceptors (Lipinski definition) is 3. The number of halogens is 2. The van der Waals surface area contributed by atoms with Gasteiger partial charge in [0.05, 0.1) is 0 Å². The summed E-state index contributed by atoms with van der Waals surface area (Å²) in [6.07, 6.45) is 1.70. The zero-order valence-corrected chi connectivity index (χ0v) is 16.2. The molecule has 1 amide bonds. The van der Waals surface area contributed by atoms with Gasteiger partial charge in [0, 0.05) is 28.6 Å². The summed E-state index contributed by atoms with van der Waals surface area (Å²) in [5, 5.41) is 3.71. The van der Waals surface area contributed by atoms with Gasteiger partial charge in [-0.15, -0.1) is 0 Å². The Morgan fingerprint density at radius 1 is 1.43 bits per heavy atom. The number of amides is 1. The maximum atomic E-state index is 11.9. The molecule has 1 aliphatic rings. The van der Waals surface area contributed by atoms with E-state index >= 15 is 0 Å². The van der Waals surface area contributed by atoms with Crippen LogP contribution in [0, 0.1) is 0 Å². The molecule has 0 bridgehead atoms. The van der Waals surface area contributed by atoms with Gasteiger partial charge in [0.15, 0.2) is 0 Å². The van der Waals surface area contributed by atoms with Crippen molar-refractivity contribution in [1.82, 2.24) is 10.2 Å². The van der Waals surface area contributed by atoms with E-state index in [0.29, 0.717) is 0 Å². The molecule has 2 rings (SSSR count). The molecule has 1 fully saturated rings. The van der Waals surface area contributed by atoms with Gasteiger partial charge in [-0.1, -0.05) is 27.5 Å². The third kappa shape index (κ3) is 6.69. The number of hydrogen-bond donors (Lipinski definition) is 1. The molecule has 6 heteroatoms. The Bertz CT molecular complexity index is 540. The van der Waals surface area contributed by atoms with Crippen molar-refractivity contribution in [1.29, 1.82) is 0 Å². The van der Waals surface area contributed by atoms with Crippen LogP contribution in [0.5, 0.6) is 0 Å². The molecule has 1 atom stereocenters. The number of nitrogens with zero attached hydrogens (tertiary/aromatic N) is 1. The number of carbonyl (C=O) groups excluding carboxylic acids is 1. The molecule has 1 aromatic carbocycles. The zero-order chi connectivity index (χ0) is 17.0. The van der Waals surface area contributed by atoms with Crippen LogP contribution >= 0.6 is 27.5 Å². The summed E-state index contributed by atoms with van der Waals surface area (Å²) in [6, 6.07) is 6.07. The van der Waals surface area contributed by atoms with Gasteiger partial charge in [0.1, 0.15) is 5.60 Å². The lowest BCUT2D eigenvalue weighted by atomic mass is 10.0. The van der Waals surface area contributed by atoms with Gasteiger partial charge in [-0.05, 0) is 63.9 Å². The van der Waals surface area contributed by atoms with Crippen LogP contribution in [-0.2, 0) is 11.3 Å². The van der Waals surface area contributed by atoms with Crippen LogP contribution in [0.1, 0.15) is 39.2 Å². The van der Waals surface area contributed by atoms with Gasteiger partial charge in [-0.2, -0.15) is 0 Å². The first-order valence-corrected chi connectivity index (χ1v) is 9.05. The van der Waals surface area contributed by atoms with E-state index in [1.54, 1.807) is 0 Å². The molecule has 0 radical (unpaired) electrons. The van der Waals surface area contributed by atoms with Gasteiger partial charge < -0.3 is 10.1 Å². The van der Waals surface area contributed by atoms with Crippen LogP contribution < -0.4 is 5.32 Å². The summed E-state index contributed by atoms with van der Waals surface area (Å²) < 4.78 is 6.32. The van der Waals surface area contributed by atoms with Crippen molar-refractivity contribution in [3.63, 3.8) is 0 Å². The highest BCUT2D eigenvalue weighted by Crippen LogP contribution is 2.22. The van der Waals surface area contributed by atoms with Gasteiger partial charge in [-0.25, -0.2) is 4.79 Å². The van der Waals surface area contributed by atoms with Crippen LogP contribution in [0.4, 0.5) is 4.79 Å². The zero-order valence-electron chi connectivity index (χ0n) is 13.9. The molecule has 1 saturated heterocycles. The first-order chi connectivity index (χ1) is 10.7. The molecule has 1 aliphatic heterocycles. The minimum absolute atomic E-state index is 0.126. The predicted octanol–water partition coefficient (Wildman–Crippen LogP) is 4.59. The number of nitrogens with one attached hydrogen (secondary N) is 1. The summed E-state index contributed by atoms with van der Waals surface area (Å²) in [5.41, 5.74) is 0.702. The van der Waals surface area contributed by atoms with E-state index in [-0.39, 0.29) is 12.1 Å². The van der Waals surface area contributed by atoms with E-state index in [2.05, 4.69) is 32.2 Å². The van der Waals surface area contributed by atoms with Crippen molar-refractivity contribution >= 4 is 33.6 Å². The molecule has 0 aromatic heterocycles. The second kappa shape index (κ2) is 7.86. The fraction of sp³-hybridized carbons (Fsp3) is 0.588. The Hall–Kier alpha value is -0.780. The molecule has 1 unspecified atom stereocenters. The first-order valence-electron chi connectivity index (χ1n) is 7.88. The van der Waals surface area contributed by atoms with E-state index in [0.717, 1.165) is 42.0 Å². The van der Waals surface area contributed by atoms with Crippen LogP contribution in [0.2, 0.25) is 5.02 Å². The van der Waals surface area contributed by atoms with Crippen molar-refractivity contribution in [2.24, 2.45) is 0 Å². The summed E-state index contributed by atoms with van der Waals surface area (Å²) in [7, 11) is 0. The molecule has 0 aliphatic carbocycles. The molecule has 128 valence electrons. The monoisotopic (exact) mass is 402 g/mol. The Balaban J connectivity index is 1.89. The highest BCUT2D eigenvalue weighted by Gasteiger charge is 2.24. The molecule has 4 nitrogen and oxygen atoms in total. The SMILES string of the molecule is CC(C)(C)OC(=O)NC1CCCN(Cc2cc(Cl)cc(Br)c2)C1. The Kier molecular flexibility index (Phi) is 6.34. The maximum absolute atomic E-state index is 11.9. The molecule has 0 spiro atoms. The number of likely N-dealkylation sites (tertiary alicyclic amines) is 1. The number of piperidine rings is 1. The number of rotatable bonds is 3. The topological polar surface area (TPSA) is 41.6 Å². The minimum atomic E-state index is -0.467. The van der Waals surface area contributed by atoms with Crippen molar-refractivity contribution in [3.8, 4) is 0 Å². The van der Waals surface area contributed by atoms with E-state index < -0.39 is 5.60 Å². The first kappa shape index (κ1) is 18.6. The van der Waals surface area contributed by atoms with Crippen molar-refractivity contribution < 1.29 is 9.53 Å². The molecular weight excluding hydrogens is 380 g/mol. The lowest BCUT2D eigenvalue weighted by Gasteiger charge is -2.33. The van der Waals surface area contributed by atoms with Gasteiger partial charge in [0.2, 0.25) is 0 Å². The second-order valence-electron chi connectivity index (χ2n) is 7.00. The lowest BCUT2D eigenvalue weighted by molar-refractivity contribution is 0.0470. The molecule has 23 heavy (non-hydrogen) atoms. The number of benzene rings is 1. The fourth-order valence-electron chi connectivity index (χ4n) is 2.75. The molecule has 0 saturated carbocycles. The highest BCUT2D eigenvalue weighted by molar-refractivity contribution is 9.10. The van der Waals surface area contributed by atoms with Crippen molar-refractivity contribution in [2.75, 3.05) is 13.1 Å². The van der Waals surface area contributed by atoms with Crippen LogP contribution in [0.15, 0.2) is 22.7 Å². The molecule has 1 aromatic rings. The summed E-state index contributed by atoms with van der Waals surface area (Å²) in [6.45, 7) is 8.29. The van der Waals surface area contributed by atoms with Gasteiger partial charge in [0.25, 0.3) is 0 Å². The lowest BCUT2D eigenvalue weighted by Crippen LogP contribution is -2.48. The summed E-state index contributed by atoms with van der Waals surface area (Å²) in [4.78, 5) is 14.2. The predicted molar refractivity (Wildman–Crippen MR) is 96.8 cm³/mol. The Morgan fingerprint density at radius 2 is 2.17 bits per heavy atom.